The van der Waals surface area contributed by atoms with E-state index in [1.165, 1.54) is 0 Å². The fourth-order valence-corrected chi connectivity index (χ4v) is 2.53. The van der Waals surface area contributed by atoms with Crippen molar-refractivity contribution in [3.05, 3.63) is 0 Å². The second kappa shape index (κ2) is 13.9. The van der Waals surface area contributed by atoms with Gasteiger partial charge in [0.15, 0.2) is 0 Å². The summed E-state index contributed by atoms with van der Waals surface area (Å²) in [4.78, 5) is 69.7. The van der Waals surface area contributed by atoms with Gasteiger partial charge in [-0.05, 0) is 18.8 Å². The van der Waals surface area contributed by atoms with Gasteiger partial charge in [-0.2, -0.15) is 0 Å². The Hall–Kier alpha value is -3.26. The normalized spacial score (nSPS) is 14.5. The summed E-state index contributed by atoms with van der Waals surface area (Å²) in [5.74, 6) is -7.14. The number of aliphatic hydroxyl groups is 1. The van der Waals surface area contributed by atoms with E-state index < -0.39 is 85.7 Å². The summed E-state index contributed by atoms with van der Waals surface area (Å²) >= 11 is 0. The van der Waals surface area contributed by atoms with Crippen LogP contribution in [0.1, 0.15) is 39.5 Å². The number of carboxylic acid groups (broad SMARTS) is 3. The maximum Gasteiger partial charge on any atom is 0.326 e. The third kappa shape index (κ3) is 11.2. The maximum absolute atomic E-state index is 12.5. The van der Waals surface area contributed by atoms with Crippen LogP contribution in [0.15, 0.2) is 0 Å². The maximum atomic E-state index is 12.5. The summed E-state index contributed by atoms with van der Waals surface area (Å²) in [6.45, 7) is 2.56. The van der Waals surface area contributed by atoms with Crippen molar-refractivity contribution in [3.63, 3.8) is 0 Å². The Morgan fingerprint density at radius 1 is 0.781 bits per heavy atom. The van der Waals surface area contributed by atoms with Crippen LogP contribution < -0.4 is 21.7 Å². The van der Waals surface area contributed by atoms with Crippen LogP contribution in [0, 0.1) is 5.92 Å². The zero-order valence-corrected chi connectivity index (χ0v) is 17.7. The van der Waals surface area contributed by atoms with E-state index >= 15 is 0 Å². The van der Waals surface area contributed by atoms with Gasteiger partial charge in [0, 0.05) is 6.42 Å². The number of nitrogens with two attached hydrogens (primary N) is 1. The van der Waals surface area contributed by atoms with Crippen molar-refractivity contribution in [2.45, 2.75) is 63.7 Å². The molecule has 9 N–H and O–H groups in total. The highest BCUT2D eigenvalue weighted by atomic mass is 16.4. The van der Waals surface area contributed by atoms with Crippen LogP contribution >= 0.6 is 0 Å². The van der Waals surface area contributed by atoms with Gasteiger partial charge in [0.1, 0.15) is 18.1 Å². The van der Waals surface area contributed by atoms with Crippen LogP contribution in [0.4, 0.5) is 0 Å². The second-order valence-corrected chi connectivity index (χ2v) is 7.47. The average Bonchev–Trinajstić information content (AvgIpc) is 2.66. The summed E-state index contributed by atoms with van der Waals surface area (Å²) < 4.78 is 0. The minimum Gasteiger partial charge on any atom is -0.481 e. The van der Waals surface area contributed by atoms with Crippen molar-refractivity contribution in [1.29, 1.82) is 0 Å². The number of hydrogen-bond acceptors (Lipinski definition) is 8. The van der Waals surface area contributed by atoms with Gasteiger partial charge in [0.2, 0.25) is 17.7 Å². The van der Waals surface area contributed by atoms with Crippen molar-refractivity contribution in [3.8, 4) is 0 Å². The lowest BCUT2D eigenvalue weighted by Crippen LogP contribution is -2.58. The lowest BCUT2D eigenvalue weighted by Gasteiger charge is -2.24. The van der Waals surface area contributed by atoms with Crippen LogP contribution in [0.25, 0.3) is 0 Å². The van der Waals surface area contributed by atoms with Crippen LogP contribution in [0.5, 0.6) is 0 Å². The molecule has 0 saturated heterocycles. The number of amides is 3. The molecule has 0 aromatic heterocycles. The first-order chi connectivity index (χ1) is 14.8. The first kappa shape index (κ1) is 28.7. The molecule has 0 spiro atoms. The average molecular weight is 462 g/mol. The first-order valence-electron chi connectivity index (χ1n) is 9.72. The molecule has 4 atom stereocenters. The molecule has 0 aromatic carbocycles. The second-order valence-electron chi connectivity index (χ2n) is 7.47. The largest absolute Gasteiger partial charge is 0.481 e. The van der Waals surface area contributed by atoms with Crippen LogP contribution in [0.3, 0.4) is 0 Å². The number of carbonyl (C=O) groups is 6. The molecule has 14 nitrogen and oxygen atoms in total. The number of carbonyl (C=O) groups excluding carboxylic acids is 3. The summed E-state index contributed by atoms with van der Waals surface area (Å²) in [6, 6.07) is -5.89. The van der Waals surface area contributed by atoms with E-state index in [0.717, 1.165) is 0 Å². The molecule has 0 heterocycles. The Bertz CT molecular complexity index is 712. The van der Waals surface area contributed by atoms with Crippen molar-refractivity contribution in [2.75, 3.05) is 6.61 Å². The molecular weight excluding hydrogens is 432 g/mol. The zero-order valence-electron chi connectivity index (χ0n) is 17.7. The van der Waals surface area contributed by atoms with Crippen LogP contribution in [-0.2, 0) is 28.8 Å². The van der Waals surface area contributed by atoms with Gasteiger partial charge in [0.05, 0.1) is 19.1 Å². The van der Waals surface area contributed by atoms with E-state index in [9.17, 15) is 39.0 Å². The van der Waals surface area contributed by atoms with E-state index in [1.54, 1.807) is 13.8 Å². The molecule has 182 valence electrons. The van der Waals surface area contributed by atoms with Crippen LogP contribution in [-0.4, -0.2) is 86.8 Å². The Morgan fingerprint density at radius 3 is 1.72 bits per heavy atom. The number of hydrogen-bond donors (Lipinski definition) is 8. The highest BCUT2D eigenvalue weighted by Gasteiger charge is 2.30. The van der Waals surface area contributed by atoms with E-state index in [0.29, 0.717) is 0 Å². The first-order valence-corrected chi connectivity index (χ1v) is 9.72. The Kier molecular flexibility index (Phi) is 12.5. The van der Waals surface area contributed by atoms with Gasteiger partial charge >= 0.3 is 17.9 Å². The van der Waals surface area contributed by atoms with Crippen molar-refractivity contribution in [1.82, 2.24) is 16.0 Å². The molecule has 14 heteroatoms. The molecule has 0 fully saturated rings. The molecule has 0 bridgehead atoms. The lowest BCUT2D eigenvalue weighted by molar-refractivity contribution is -0.143. The van der Waals surface area contributed by atoms with Crippen LogP contribution in [0.2, 0.25) is 0 Å². The minimum absolute atomic E-state index is 0.0795. The third-order valence-electron chi connectivity index (χ3n) is 4.15. The summed E-state index contributed by atoms with van der Waals surface area (Å²) in [5, 5.41) is 42.6. The lowest BCUT2D eigenvalue weighted by atomic mass is 10.0. The Labute approximate surface area is 183 Å². The Morgan fingerprint density at radius 2 is 1.28 bits per heavy atom. The smallest absolute Gasteiger partial charge is 0.326 e. The van der Waals surface area contributed by atoms with Crippen molar-refractivity contribution >= 4 is 35.6 Å². The van der Waals surface area contributed by atoms with Crippen molar-refractivity contribution < 1.29 is 49.2 Å². The predicted octanol–water partition coefficient (Wildman–Crippen LogP) is -2.77. The van der Waals surface area contributed by atoms with E-state index in [2.05, 4.69) is 16.0 Å². The fourth-order valence-electron chi connectivity index (χ4n) is 2.53. The number of aliphatic carboxylic acids is 3. The zero-order chi connectivity index (χ0) is 25.0. The number of carboxylic acids is 3. The monoisotopic (exact) mass is 462 g/mol. The van der Waals surface area contributed by atoms with Gasteiger partial charge in [-0.25, -0.2) is 4.79 Å². The quantitative estimate of drug-likeness (QED) is 0.124. The highest BCUT2D eigenvalue weighted by Crippen LogP contribution is 2.06. The van der Waals surface area contributed by atoms with Gasteiger partial charge in [0.25, 0.3) is 0 Å². The van der Waals surface area contributed by atoms with E-state index in [4.69, 9.17) is 15.9 Å². The summed E-state index contributed by atoms with van der Waals surface area (Å²) in [5.41, 5.74) is 5.42. The number of rotatable bonds is 15. The molecule has 0 radical (unpaired) electrons. The number of aliphatic hydroxyl groups excluding tert-OH is 1. The third-order valence-corrected chi connectivity index (χ3v) is 4.15. The molecule has 0 aliphatic rings. The van der Waals surface area contributed by atoms with Gasteiger partial charge in [-0.15, -0.1) is 0 Å². The predicted molar refractivity (Wildman–Crippen MR) is 107 cm³/mol. The molecule has 0 aliphatic heterocycles. The summed E-state index contributed by atoms with van der Waals surface area (Å²) in [7, 11) is 0. The topological polar surface area (TPSA) is 245 Å². The minimum atomic E-state index is -1.59. The molecule has 4 unspecified atom stereocenters. The summed E-state index contributed by atoms with van der Waals surface area (Å²) in [6.07, 6.45) is -1.63. The van der Waals surface area contributed by atoms with E-state index in [-0.39, 0.29) is 12.3 Å². The molecule has 0 rings (SSSR count). The van der Waals surface area contributed by atoms with Gasteiger partial charge < -0.3 is 42.1 Å². The molecule has 0 aromatic rings. The molecule has 0 saturated carbocycles. The Balaban J connectivity index is 5.32. The van der Waals surface area contributed by atoms with E-state index in [1.807, 2.05) is 0 Å². The SMILES string of the molecule is CC(C)CC(NC(=O)C(CO)NC(=O)C(CCC(=O)O)NC(=O)C(N)CC(=O)O)C(=O)O. The van der Waals surface area contributed by atoms with Crippen molar-refractivity contribution in [2.24, 2.45) is 11.7 Å². The molecular formula is C18H30N4O10. The number of nitrogens with one attached hydrogen (secondary N) is 3. The molecule has 3 amide bonds. The standard InChI is InChI=1S/C18H30N4O10/c1-8(2)5-11(18(31)32)21-17(30)12(7-23)22-16(29)10(3-4-13(24)25)20-15(28)9(19)6-14(26)27/h8-12,23H,3-7,19H2,1-2H3,(H,20,28)(H,21,30)(H,22,29)(H,24,25)(H,26,27)(H,31,32). The molecule has 32 heavy (non-hydrogen) atoms. The highest BCUT2D eigenvalue weighted by molar-refractivity contribution is 5.95. The molecule has 0 aliphatic carbocycles. The van der Waals surface area contributed by atoms with Gasteiger partial charge in [-0.3, -0.25) is 24.0 Å². The van der Waals surface area contributed by atoms with Gasteiger partial charge in [-0.1, -0.05) is 13.8 Å². The fraction of sp³-hybridized carbons (Fsp3) is 0.667.